The molecule has 0 amide bonds. The second kappa shape index (κ2) is 4.85. The van der Waals surface area contributed by atoms with Gasteiger partial charge >= 0.3 is 0 Å². The summed E-state index contributed by atoms with van der Waals surface area (Å²) in [6.45, 7) is 0.231. The SMILES string of the molecule is COc1c(C(O)CN)ccc2c1CCCC2. The summed E-state index contributed by atoms with van der Waals surface area (Å²) in [5.74, 6) is 0.843. The summed E-state index contributed by atoms with van der Waals surface area (Å²) in [6.07, 6.45) is 3.98. The number of nitrogens with two attached hydrogens (primary N) is 1. The normalized spacial score (nSPS) is 16.7. The highest BCUT2D eigenvalue weighted by Crippen LogP contribution is 2.35. The third-order valence-electron chi connectivity index (χ3n) is 3.30. The minimum absolute atomic E-state index is 0.231. The lowest BCUT2D eigenvalue weighted by Gasteiger charge is -2.22. The average molecular weight is 221 g/mol. The van der Waals surface area contributed by atoms with Crippen LogP contribution in [-0.2, 0) is 12.8 Å². The largest absolute Gasteiger partial charge is 0.496 e. The molecule has 1 unspecified atom stereocenters. The summed E-state index contributed by atoms with van der Waals surface area (Å²) in [5, 5.41) is 9.84. The molecular formula is C13H19NO2. The topological polar surface area (TPSA) is 55.5 Å². The van der Waals surface area contributed by atoms with Crippen LogP contribution in [0, 0.1) is 0 Å². The molecule has 3 nitrogen and oxygen atoms in total. The standard InChI is InChI=1S/C13H19NO2/c1-16-13-10-5-3-2-4-9(10)6-7-11(13)12(15)8-14/h6-7,12,15H,2-5,8,14H2,1H3. The lowest BCUT2D eigenvalue weighted by atomic mass is 9.88. The predicted molar refractivity (Wildman–Crippen MR) is 63.7 cm³/mol. The van der Waals surface area contributed by atoms with E-state index < -0.39 is 6.10 Å². The molecule has 1 aliphatic carbocycles. The Morgan fingerprint density at radius 3 is 2.81 bits per heavy atom. The fraction of sp³-hybridized carbons (Fsp3) is 0.538. The van der Waals surface area contributed by atoms with Crippen molar-refractivity contribution < 1.29 is 9.84 Å². The molecule has 0 fully saturated rings. The Hall–Kier alpha value is -1.06. The van der Waals surface area contributed by atoms with Gasteiger partial charge in [-0.1, -0.05) is 12.1 Å². The second-order valence-corrected chi connectivity index (χ2v) is 4.28. The Balaban J connectivity index is 2.47. The van der Waals surface area contributed by atoms with Crippen molar-refractivity contribution in [2.45, 2.75) is 31.8 Å². The van der Waals surface area contributed by atoms with E-state index in [1.54, 1.807) is 7.11 Å². The third-order valence-corrected chi connectivity index (χ3v) is 3.30. The van der Waals surface area contributed by atoms with Gasteiger partial charge in [0.1, 0.15) is 5.75 Å². The summed E-state index contributed by atoms with van der Waals surface area (Å²) >= 11 is 0. The van der Waals surface area contributed by atoms with E-state index in [4.69, 9.17) is 10.5 Å². The van der Waals surface area contributed by atoms with Gasteiger partial charge in [-0.3, -0.25) is 0 Å². The summed E-state index contributed by atoms with van der Waals surface area (Å²) in [6, 6.07) is 4.05. The van der Waals surface area contributed by atoms with Crippen LogP contribution in [0.1, 0.15) is 35.6 Å². The molecule has 2 rings (SSSR count). The van der Waals surface area contributed by atoms with Gasteiger partial charge in [0.25, 0.3) is 0 Å². The minimum atomic E-state index is -0.623. The Morgan fingerprint density at radius 1 is 1.38 bits per heavy atom. The van der Waals surface area contributed by atoms with E-state index in [2.05, 4.69) is 6.07 Å². The van der Waals surface area contributed by atoms with Crippen molar-refractivity contribution >= 4 is 0 Å². The van der Waals surface area contributed by atoms with Crippen LogP contribution in [0.25, 0.3) is 0 Å². The van der Waals surface area contributed by atoms with E-state index in [0.717, 1.165) is 24.2 Å². The molecule has 0 aliphatic heterocycles. The summed E-state index contributed by atoms with van der Waals surface area (Å²) in [4.78, 5) is 0. The fourth-order valence-corrected chi connectivity index (χ4v) is 2.44. The zero-order valence-electron chi connectivity index (χ0n) is 9.70. The van der Waals surface area contributed by atoms with E-state index in [1.165, 1.54) is 24.0 Å². The summed E-state index contributed by atoms with van der Waals surface area (Å²) in [7, 11) is 1.66. The number of aryl methyl sites for hydroxylation is 1. The molecule has 0 aromatic heterocycles. The maximum atomic E-state index is 9.84. The maximum Gasteiger partial charge on any atom is 0.128 e. The van der Waals surface area contributed by atoms with Crippen LogP contribution in [0.4, 0.5) is 0 Å². The van der Waals surface area contributed by atoms with Crippen LogP contribution in [0.15, 0.2) is 12.1 Å². The molecule has 88 valence electrons. The number of fused-ring (bicyclic) bond motifs is 1. The average Bonchev–Trinajstić information content (AvgIpc) is 2.36. The van der Waals surface area contributed by atoms with Gasteiger partial charge in [0.2, 0.25) is 0 Å². The Kier molecular flexibility index (Phi) is 3.46. The molecule has 0 saturated heterocycles. The monoisotopic (exact) mass is 221 g/mol. The van der Waals surface area contributed by atoms with Crippen LogP contribution in [0.3, 0.4) is 0 Å². The van der Waals surface area contributed by atoms with Gasteiger partial charge in [-0.2, -0.15) is 0 Å². The molecule has 3 heteroatoms. The zero-order valence-corrected chi connectivity index (χ0v) is 9.70. The quantitative estimate of drug-likeness (QED) is 0.814. The number of hydrogen-bond acceptors (Lipinski definition) is 3. The van der Waals surface area contributed by atoms with Crippen molar-refractivity contribution in [1.29, 1.82) is 0 Å². The number of methoxy groups -OCH3 is 1. The van der Waals surface area contributed by atoms with Gasteiger partial charge in [0.15, 0.2) is 0 Å². The van der Waals surface area contributed by atoms with Crippen molar-refractivity contribution in [2.24, 2.45) is 5.73 Å². The van der Waals surface area contributed by atoms with Crippen LogP contribution in [0.5, 0.6) is 5.75 Å². The van der Waals surface area contributed by atoms with Crippen LogP contribution in [0.2, 0.25) is 0 Å². The van der Waals surface area contributed by atoms with Crippen LogP contribution < -0.4 is 10.5 Å². The highest BCUT2D eigenvalue weighted by atomic mass is 16.5. The fourth-order valence-electron chi connectivity index (χ4n) is 2.44. The van der Waals surface area contributed by atoms with Gasteiger partial charge < -0.3 is 15.6 Å². The van der Waals surface area contributed by atoms with E-state index in [-0.39, 0.29) is 6.54 Å². The lowest BCUT2D eigenvalue weighted by molar-refractivity contribution is 0.181. The Bertz CT molecular complexity index is 376. The lowest BCUT2D eigenvalue weighted by Crippen LogP contribution is -2.15. The van der Waals surface area contributed by atoms with Crippen molar-refractivity contribution in [3.05, 3.63) is 28.8 Å². The molecule has 0 saturated carbocycles. The molecule has 0 bridgehead atoms. The number of rotatable bonds is 3. The van der Waals surface area contributed by atoms with E-state index in [1.807, 2.05) is 6.07 Å². The second-order valence-electron chi connectivity index (χ2n) is 4.28. The molecule has 0 spiro atoms. The number of ether oxygens (including phenoxy) is 1. The molecule has 16 heavy (non-hydrogen) atoms. The molecule has 0 heterocycles. The molecule has 1 aromatic rings. The highest BCUT2D eigenvalue weighted by molar-refractivity contribution is 5.48. The van der Waals surface area contributed by atoms with E-state index >= 15 is 0 Å². The third kappa shape index (κ3) is 1.93. The van der Waals surface area contributed by atoms with Crippen molar-refractivity contribution in [3.8, 4) is 5.75 Å². The smallest absolute Gasteiger partial charge is 0.128 e. The zero-order chi connectivity index (χ0) is 11.5. The van der Waals surface area contributed by atoms with E-state index in [9.17, 15) is 5.11 Å². The van der Waals surface area contributed by atoms with Gasteiger partial charge in [0.05, 0.1) is 13.2 Å². The van der Waals surface area contributed by atoms with Gasteiger partial charge in [0, 0.05) is 12.1 Å². The first-order valence-corrected chi connectivity index (χ1v) is 5.84. The minimum Gasteiger partial charge on any atom is -0.496 e. The summed E-state index contributed by atoms with van der Waals surface area (Å²) in [5.41, 5.74) is 8.94. The Morgan fingerprint density at radius 2 is 2.12 bits per heavy atom. The van der Waals surface area contributed by atoms with E-state index in [0.29, 0.717) is 0 Å². The highest BCUT2D eigenvalue weighted by Gasteiger charge is 2.20. The molecular weight excluding hydrogens is 202 g/mol. The first-order chi connectivity index (χ1) is 7.77. The predicted octanol–water partition coefficient (Wildman–Crippen LogP) is 1.57. The Labute approximate surface area is 96.2 Å². The molecule has 1 aliphatic rings. The van der Waals surface area contributed by atoms with Crippen molar-refractivity contribution in [1.82, 2.24) is 0 Å². The van der Waals surface area contributed by atoms with Gasteiger partial charge in [-0.05, 0) is 36.8 Å². The van der Waals surface area contributed by atoms with Crippen molar-refractivity contribution in [3.63, 3.8) is 0 Å². The molecule has 1 aromatic carbocycles. The number of aliphatic hydroxyl groups is 1. The molecule has 0 radical (unpaired) electrons. The number of aliphatic hydroxyl groups excluding tert-OH is 1. The van der Waals surface area contributed by atoms with Crippen LogP contribution >= 0.6 is 0 Å². The maximum absolute atomic E-state index is 9.84. The van der Waals surface area contributed by atoms with Gasteiger partial charge in [-0.15, -0.1) is 0 Å². The summed E-state index contributed by atoms with van der Waals surface area (Å²) < 4.78 is 5.45. The first kappa shape index (κ1) is 11.4. The van der Waals surface area contributed by atoms with Gasteiger partial charge in [-0.25, -0.2) is 0 Å². The molecule has 3 N–H and O–H groups in total. The molecule has 1 atom stereocenters. The number of benzene rings is 1. The van der Waals surface area contributed by atoms with Crippen LogP contribution in [-0.4, -0.2) is 18.8 Å². The van der Waals surface area contributed by atoms with Crippen molar-refractivity contribution in [2.75, 3.05) is 13.7 Å². The first-order valence-electron chi connectivity index (χ1n) is 5.84. The number of hydrogen-bond donors (Lipinski definition) is 2.